The van der Waals surface area contributed by atoms with Crippen LogP contribution in [-0.2, 0) is 0 Å². The van der Waals surface area contributed by atoms with Gasteiger partial charge in [-0.1, -0.05) is 5.92 Å². The molecule has 0 aromatic carbocycles. The van der Waals surface area contributed by atoms with Gasteiger partial charge < -0.3 is 4.90 Å². The van der Waals surface area contributed by atoms with E-state index in [9.17, 15) is 4.79 Å². The van der Waals surface area contributed by atoms with Gasteiger partial charge in [0, 0.05) is 19.4 Å². The van der Waals surface area contributed by atoms with Gasteiger partial charge in [0.2, 0.25) is 0 Å². The molecule has 0 aliphatic carbocycles. The summed E-state index contributed by atoms with van der Waals surface area (Å²) in [5.74, 6) is 2.21. The Kier molecular flexibility index (Phi) is 2.98. The Bertz CT molecular complexity index is 328. The summed E-state index contributed by atoms with van der Waals surface area (Å²) in [5, 5.41) is 0. The van der Waals surface area contributed by atoms with Crippen LogP contribution in [0.1, 0.15) is 10.4 Å². The van der Waals surface area contributed by atoms with Crippen LogP contribution in [0.15, 0.2) is 18.7 Å². The standard InChI is InChI=1S/C9H9N3O/c1-3-4-12(2)9(13)8-5-10-7-11-6-8/h1,5-7H,4H2,2H3. The predicted octanol–water partition coefficient (Wildman–Crippen LogP) is 0.182. The molecule has 0 aliphatic heterocycles. The number of aromatic nitrogens is 2. The van der Waals surface area contributed by atoms with E-state index in [0.717, 1.165) is 0 Å². The van der Waals surface area contributed by atoms with Gasteiger partial charge >= 0.3 is 0 Å². The summed E-state index contributed by atoms with van der Waals surface area (Å²) in [6, 6.07) is 0. The van der Waals surface area contributed by atoms with Crippen molar-refractivity contribution in [2.24, 2.45) is 0 Å². The average Bonchev–Trinajstić information content (AvgIpc) is 2.18. The van der Waals surface area contributed by atoms with Crippen LogP contribution >= 0.6 is 0 Å². The summed E-state index contributed by atoms with van der Waals surface area (Å²) in [4.78, 5) is 20.4. The maximum absolute atomic E-state index is 11.5. The van der Waals surface area contributed by atoms with Crippen molar-refractivity contribution in [2.75, 3.05) is 13.6 Å². The van der Waals surface area contributed by atoms with E-state index in [1.54, 1.807) is 7.05 Å². The molecule has 4 nitrogen and oxygen atoms in total. The topological polar surface area (TPSA) is 46.1 Å². The molecule has 0 aliphatic rings. The van der Waals surface area contributed by atoms with Crippen molar-refractivity contribution >= 4 is 5.91 Å². The van der Waals surface area contributed by atoms with Crippen LogP contribution in [-0.4, -0.2) is 34.4 Å². The highest BCUT2D eigenvalue weighted by atomic mass is 16.2. The van der Waals surface area contributed by atoms with Crippen molar-refractivity contribution in [3.63, 3.8) is 0 Å². The Morgan fingerprint density at radius 1 is 1.62 bits per heavy atom. The highest BCUT2D eigenvalue weighted by Crippen LogP contribution is 1.98. The minimum absolute atomic E-state index is 0.168. The monoisotopic (exact) mass is 175 g/mol. The lowest BCUT2D eigenvalue weighted by molar-refractivity contribution is 0.0811. The molecule has 0 bridgehead atoms. The minimum Gasteiger partial charge on any atom is -0.330 e. The quantitative estimate of drug-likeness (QED) is 0.602. The zero-order valence-corrected chi connectivity index (χ0v) is 7.27. The number of carbonyl (C=O) groups excluding carboxylic acids is 1. The Morgan fingerprint density at radius 2 is 2.23 bits per heavy atom. The number of hydrogen-bond donors (Lipinski definition) is 0. The molecule has 0 saturated heterocycles. The van der Waals surface area contributed by atoms with Crippen LogP contribution in [0.3, 0.4) is 0 Å². The van der Waals surface area contributed by atoms with Crippen LogP contribution in [0, 0.1) is 12.3 Å². The fourth-order valence-corrected chi connectivity index (χ4v) is 0.839. The second-order valence-corrected chi connectivity index (χ2v) is 2.49. The van der Waals surface area contributed by atoms with Crippen molar-refractivity contribution in [1.82, 2.24) is 14.9 Å². The largest absolute Gasteiger partial charge is 0.330 e. The van der Waals surface area contributed by atoms with Crippen molar-refractivity contribution in [1.29, 1.82) is 0 Å². The lowest BCUT2D eigenvalue weighted by Crippen LogP contribution is -2.27. The maximum atomic E-state index is 11.5. The third-order valence-electron chi connectivity index (χ3n) is 1.48. The molecule has 13 heavy (non-hydrogen) atoms. The molecule has 0 N–H and O–H groups in total. The van der Waals surface area contributed by atoms with Gasteiger partial charge in [0.05, 0.1) is 12.1 Å². The summed E-state index contributed by atoms with van der Waals surface area (Å²) in [5.41, 5.74) is 0.445. The Balaban J connectivity index is 2.75. The summed E-state index contributed by atoms with van der Waals surface area (Å²) >= 11 is 0. The summed E-state index contributed by atoms with van der Waals surface area (Å²) in [6.45, 7) is 0.285. The third kappa shape index (κ3) is 2.27. The molecule has 0 fully saturated rings. The summed E-state index contributed by atoms with van der Waals surface area (Å²) < 4.78 is 0. The van der Waals surface area contributed by atoms with E-state index in [2.05, 4.69) is 15.9 Å². The second-order valence-electron chi connectivity index (χ2n) is 2.49. The third-order valence-corrected chi connectivity index (χ3v) is 1.48. The number of amides is 1. The Hall–Kier alpha value is -1.89. The second kappa shape index (κ2) is 4.21. The van der Waals surface area contributed by atoms with Gasteiger partial charge in [-0.05, 0) is 0 Å². The Morgan fingerprint density at radius 3 is 2.77 bits per heavy atom. The smallest absolute Gasteiger partial charge is 0.257 e. The molecule has 1 aromatic rings. The van der Waals surface area contributed by atoms with E-state index in [1.807, 2.05) is 0 Å². The van der Waals surface area contributed by atoms with Gasteiger partial charge in [0.1, 0.15) is 6.33 Å². The number of rotatable bonds is 2. The number of hydrogen-bond acceptors (Lipinski definition) is 3. The van der Waals surface area contributed by atoms with Gasteiger partial charge in [0.25, 0.3) is 5.91 Å². The fraction of sp³-hybridized carbons (Fsp3) is 0.222. The van der Waals surface area contributed by atoms with E-state index >= 15 is 0 Å². The SMILES string of the molecule is C#CCN(C)C(=O)c1cncnc1. The van der Waals surface area contributed by atoms with Crippen molar-refractivity contribution in [2.45, 2.75) is 0 Å². The van der Waals surface area contributed by atoms with Gasteiger partial charge in [-0.3, -0.25) is 4.79 Å². The highest BCUT2D eigenvalue weighted by molar-refractivity contribution is 5.93. The van der Waals surface area contributed by atoms with Crippen LogP contribution in [0.4, 0.5) is 0 Å². The summed E-state index contributed by atoms with van der Waals surface area (Å²) in [7, 11) is 1.63. The van der Waals surface area contributed by atoms with Crippen LogP contribution in [0.5, 0.6) is 0 Å². The first-order chi connectivity index (χ1) is 6.25. The van der Waals surface area contributed by atoms with E-state index in [-0.39, 0.29) is 12.5 Å². The molecule has 0 saturated carbocycles. The molecular weight excluding hydrogens is 166 g/mol. The minimum atomic E-state index is -0.168. The van der Waals surface area contributed by atoms with Crippen molar-refractivity contribution < 1.29 is 4.79 Å². The lowest BCUT2D eigenvalue weighted by atomic mass is 10.3. The first kappa shape index (κ1) is 9.20. The van der Waals surface area contributed by atoms with E-state index < -0.39 is 0 Å². The zero-order valence-electron chi connectivity index (χ0n) is 7.27. The van der Waals surface area contributed by atoms with E-state index in [1.165, 1.54) is 23.6 Å². The molecule has 0 unspecified atom stereocenters. The molecule has 0 atom stereocenters. The fourth-order valence-electron chi connectivity index (χ4n) is 0.839. The molecule has 1 heterocycles. The van der Waals surface area contributed by atoms with Gasteiger partial charge in [-0.25, -0.2) is 9.97 Å². The lowest BCUT2D eigenvalue weighted by Gasteiger charge is -2.12. The van der Waals surface area contributed by atoms with Crippen molar-refractivity contribution in [3.8, 4) is 12.3 Å². The molecule has 0 spiro atoms. The predicted molar refractivity (Wildman–Crippen MR) is 47.8 cm³/mol. The number of terminal acetylenes is 1. The van der Waals surface area contributed by atoms with Crippen molar-refractivity contribution in [3.05, 3.63) is 24.3 Å². The highest BCUT2D eigenvalue weighted by Gasteiger charge is 2.09. The van der Waals surface area contributed by atoms with E-state index in [0.29, 0.717) is 5.56 Å². The van der Waals surface area contributed by atoms with Gasteiger partial charge in [-0.15, -0.1) is 6.42 Å². The number of carbonyl (C=O) groups is 1. The first-order valence-corrected chi connectivity index (χ1v) is 3.69. The Labute approximate surface area is 76.6 Å². The molecule has 1 amide bonds. The normalized spacial score (nSPS) is 8.92. The van der Waals surface area contributed by atoms with Crippen LogP contribution in [0.2, 0.25) is 0 Å². The molecule has 1 rings (SSSR count). The molecule has 0 radical (unpaired) electrons. The van der Waals surface area contributed by atoms with Gasteiger partial charge in [0.15, 0.2) is 0 Å². The van der Waals surface area contributed by atoms with Crippen LogP contribution < -0.4 is 0 Å². The van der Waals surface area contributed by atoms with Crippen LogP contribution in [0.25, 0.3) is 0 Å². The zero-order chi connectivity index (χ0) is 9.68. The molecule has 4 heteroatoms. The first-order valence-electron chi connectivity index (χ1n) is 3.69. The van der Waals surface area contributed by atoms with Gasteiger partial charge in [-0.2, -0.15) is 0 Å². The van der Waals surface area contributed by atoms with E-state index in [4.69, 9.17) is 6.42 Å². The molecule has 1 aromatic heterocycles. The molecular formula is C9H9N3O. The summed E-state index contributed by atoms with van der Waals surface area (Å²) in [6.07, 6.45) is 9.36. The maximum Gasteiger partial charge on any atom is 0.257 e. The average molecular weight is 175 g/mol. The number of nitrogens with zero attached hydrogens (tertiary/aromatic N) is 3. The molecule has 66 valence electrons.